The van der Waals surface area contributed by atoms with Crippen molar-refractivity contribution in [2.45, 2.75) is 55.6 Å². The third-order valence-corrected chi connectivity index (χ3v) is 2.60. The molecule has 0 aromatic carbocycles. The summed E-state index contributed by atoms with van der Waals surface area (Å²) >= 11 is 0. The second-order valence-corrected chi connectivity index (χ2v) is 4.30. The first kappa shape index (κ1) is 20.3. The highest BCUT2D eigenvalue weighted by molar-refractivity contribution is 4.92. The van der Waals surface area contributed by atoms with Gasteiger partial charge in [-0.2, -0.15) is 0 Å². The molecule has 0 saturated heterocycles. The maximum Gasteiger partial charge on any atom is 0.311 e. The smallest absolute Gasteiger partial charge is 0.311 e. The number of aliphatic hydroxyl groups is 3. The molecule has 0 aliphatic heterocycles. The van der Waals surface area contributed by atoms with Crippen LogP contribution < -0.4 is 0 Å². The second-order valence-electron chi connectivity index (χ2n) is 4.30. The van der Waals surface area contributed by atoms with E-state index in [0.717, 1.165) is 0 Å². The first-order chi connectivity index (χ1) is 9.45. The molecule has 0 aliphatic carbocycles. The molecule has 7 unspecified atom stereocenters. The van der Waals surface area contributed by atoms with Crippen LogP contribution in [-0.4, -0.2) is 71.2 Å². The molecule has 0 fully saturated rings. The zero-order chi connectivity index (χ0) is 17.0. The monoisotopic (exact) mass is 334 g/mol. The maximum absolute atomic E-state index is 13.1. The van der Waals surface area contributed by atoms with Crippen LogP contribution >= 0.6 is 0 Å². The molecular formula is C10H14F8O3. The molecule has 0 saturated carbocycles. The molecule has 0 rings (SSSR count). The summed E-state index contributed by atoms with van der Waals surface area (Å²) in [6.45, 7) is -1.41. The summed E-state index contributed by atoms with van der Waals surface area (Å²) in [5.74, 6) is -4.37. The van der Waals surface area contributed by atoms with Crippen molar-refractivity contribution in [1.29, 1.82) is 0 Å². The van der Waals surface area contributed by atoms with Crippen molar-refractivity contribution in [3.05, 3.63) is 0 Å². The van der Waals surface area contributed by atoms with E-state index >= 15 is 0 Å². The second kappa shape index (κ2) is 8.08. The van der Waals surface area contributed by atoms with Gasteiger partial charge in [-0.05, 0) is 0 Å². The number of hydrogen-bond acceptors (Lipinski definition) is 3. The van der Waals surface area contributed by atoms with Gasteiger partial charge in [-0.3, -0.25) is 4.39 Å². The van der Waals surface area contributed by atoms with Gasteiger partial charge in [0.1, 0.15) is 6.17 Å². The largest absolute Gasteiger partial charge is 0.341 e. The van der Waals surface area contributed by atoms with Crippen molar-refractivity contribution < 1.29 is 50.4 Å². The van der Waals surface area contributed by atoms with Crippen LogP contribution in [-0.2, 0) is 0 Å². The molecule has 0 bridgehead atoms. The fraction of sp³-hybridized carbons (Fsp3) is 1.00. The van der Waals surface area contributed by atoms with Gasteiger partial charge in [0.25, 0.3) is 0 Å². The van der Waals surface area contributed by atoms with E-state index in [1.165, 1.54) is 0 Å². The molecule has 11 heteroatoms. The van der Waals surface area contributed by atoms with Gasteiger partial charge >= 0.3 is 5.97 Å². The van der Waals surface area contributed by atoms with Gasteiger partial charge in [0.15, 0.2) is 30.9 Å². The molecule has 21 heavy (non-hydrogen) atoms. The minimum Gasteiger partial charge on any atom is -0.341 e. The summed E-state index contributed by atoms with van der Waals surface area (Å²) in [7, 11) is 0. The Morgan fingerprint density at radius 3 is 1.43 bits per heavy atom. The zero-order valence-electron chi connectivity index (χ0n) is 10.3. The summed E-state index contributed by atoms with van der Waals surface area (Å²) in [5, 5.41) is 24.7. The van der Waals surface area contributed by atoms with Gasteiger partial charge in [-0.25, -0.2) is 30.7 Å². The Labute approximate surface area is 114 Å². The van der Waals surface area contributed by atoms with Gasteiger partial charge in [0.05, 0.1) is 6.67 Å². The van der Waals surface area contributed by atoms with Crippen molar-refractivity contribution in [2.75, 3.05) is 6.67 Å². The van der Waals surface area contributed by atoms with Gasteiger partial charge in [0.2, 0.25) is 6.17 Å². The lowest BCUT2D eigenvalue weighted by Gasteiger charge is -2.27. The highest BCUT2D eigenvalue weighted by Gasteiger charge is 2.50. The normalized spacial score (nSPS) is 23.0. The van der Waals surface area contributed by atoms with Crippen molar-refractivity contribution in [3.8, 4) is 0 Å². The Morgan fingerprint density at radius 1 is 0.667 bits per heavy atom. The summed E-state index contributed by atoms with van der Waals surface area (Å²) in [5.41, 5.74) is 0. The van der Waals surface area contributed by atoms with Crippen molar-refractivity contribution >= 4 is 0 Å². The molecule has 3 N–H and O–H groups in total. The van der Waals surface area contributed by atoms with E-state index in [2.05, 4.69) is 0 Å². The standard InChI is InChI=1S/C10H14F8O3/c11-2-1-3(12)4(13)5(14)6(15)7(16)8(17)9(18)10(19,20)21/h3-9,19-21H,1-2H2. The number of rotatable bonds is 9. The van der Waals surface area contributed by atoms with Gasteiger partial charge in [-0.15, -0.1) is 0 Å². The Kier molecular flexibility index (Phi) is 7.82. The van der Waals surface area contributed by atoms with Crippen LogP contribution in [0.5, 0.6) is 0 Å². The molecule has 128 valence electrons. The Morgan fingerprint density at radius 2 is 1.05 bits per heavy atom. The minimum absolute atomic E-state index is 1.15. The fourth-order valence-electron chi connectivity index (χ4n) is 1.36. The van der Waals surface area contributed by atoms with Crippen molar-refractivity contribution in [3.63, 3.8) is 0 Å². The molecule has 0 aromatic rings. The Balaban J connectivity index is 4.79. The lowest BCUT2D eigenvalue weighted by molar-refractivity contribution is -0.352. The first-order valence-corrected chi connectivity index (χ1v) is 5.66. The van der Waals surface area contributed by atoms with Gasteiger partial charge in [0, 0.05) is 6.42 Å². The number of halogens is 8. The quantitative estimate of drug-likeness (QED) is 0.441. The van der Waals surface area contributed by atoms with E-state index in [9.17, 15) is 35.1 Å². The lowest BCUT2D eigenvalue weighted by Crippen LogP contribution is -2.52. The van der Waals surface area contributed by atoms with Crippen molar-refractivity contribution in [1.82, 2.24) is 0 Å². The van der Waals surface area contributed by atoms with E-state index in [1.807, 2.05) is 0 Å². The average molecular weight is 334 g/mol. The van der Waals surface area contributed by atoms with E-state index < -0.39 is 62.3 Å². The topological polar surface area (TPSA) is 60.7 Å². The van der Waals surface area contributed by atoms with Crippen LogP contribution in [0.2, 0.25) is 0 Å². The van der Waals surface area contributed by atoms with Gasteiger partial charge < -0.3 is 15.3 Å². The molecule has 0 radical (unpaired) electrons. The van der Waals surface area contributed by atoms with E-state index in [4.69, 9.17) is 15.3 Å². The van der Waals surface area contributed by atoms with Crippen LogP contribution in [0.1, 0.15) is 6.42 Å². The third-order valence-electron chi connectivity index (χ3n) is 2.60. The van der Waals surface area contributed by atoms with Crippen LogP contribution in [0.15, 0.2) is 0 Å². The van der Waals surface area contributed by atoms with E-state index in [1.54, 1.807) is 0 Å². The van der Waals surface area contributed by atoms with E-state index in [-0.39, 0.29) is 0 Å². The zero-order valence-corrected chi connectivity index (χ0v) is 10.3. The summed E-state index contributed by atoms with van der Waals surface area (Å²) in [6, 6.07) is 0. The Bertz CT molecular complexity index is 303. The molecule has 0 aliphatic rings. The summed E-state index contributed by atoms with van der Waals surface area (Å²) in [4.78, 5) is 0. The van der Waals surface area contributed by atoms with E-state index in [0.29, 0.717) is 0 Å². The average Bonchev–Trinajstić information content (AvgIpc) is 2.41. The molecule has 0 aromatic heterocycles. The van der Waals surface area contributed by atoms with Crippen molar-refractivity contribution in [2.24, 2.45) is 0 Å². The van der Waals surface area contributed by atoms with Crippen LogP contribution in [0.3, 0.4) is 0 Å². The maximum atomic E-state index is 13.1. The molecule has 3 nitrogen and oxygen atoms in total. The van der Waals surface area contributed by atoms with Gasteiger partial charge in [-0.1, -0.05) is 0 Å². The third kappa shape index (κ3) is 5.55. The fourth-order valence-corrected chi connectivity index (χ4v) is 1.36. The minimum atomic E-state index is -4.37. The summed E-state index contributed by atoms with van der Waals surface area (Å²) in [6.07, 6.45) is -25.9. The van der Waals surface area contributed by atoms with Crippen LogP contribution in [0.25, 0.3) is 0 Å². The van der Waals surface area contributed by atoms with Crippen LogP contribution in [0, 0.1) is 0 Å². The lowest BCUT2D eigenvalue weighted by atomic mass is 9.98. The Hall–Kier alpha value is -0.680. The highest BCUT2D eigenvalue weighted by Crippen LogP contribution is 2.28. The molecule has 7 atom stereocenters. The molecule has 0 spiro atoms. The molecule has 0 amide bonds. The molecular weight excluding hydrogens is 320 g/mol. The first-order valence-electron chi connectivity index (χ1n) is 5.66. The predicted molar refractivity (Wildman–Crippen MR) is 54.3 cm³/mol. The summed E-state index contributed by atoms with van der Waals surface area (Å²) < 4.78 is 103. The molecule has 0 heterocycles. The number of hydrogen-bond donors (Lipinski definition) is 3. The number of alkyl halides is 8. The SMILES string of the molecule is OC(O)(O)C(F)C(F)C(F)C(F)C(F)C(F)C(F)CCF. The predicted octanol–water partition coefficient (Wildman–Crippen LogP) is 1.34. The van der Waals surface area contributed by atoms with Crippen LogP contribution in [0.4, 0.5) is 35.1 Å². The highest BCUT2D eigenvalue weighted by atomic mass is 19.2.